The Balaban J connectivity index is 5.57. The lowest BCUT2D eigenvalue weighted by Crippen LogP contribution is -2.47. The molecule has 0 saturated carbocycles. The molecule has 1 N–H and O–H groups in total. The largest absolute Gasteiger partial charge is 0.295 e. The highest BCUT2D eigenvalue weighted by Crippen LogP contribution is 2.51. The van der Waals surface area contributed by atoms with Gasteiger partial charge < -0.3 is 0 Å². The molecule has 5 heteroatoms. The van der Waals surface area contributed by atoms with Crippen molar-refractivity contribution in [3.05, 3.63) is 11.1 Å². The van der Waals surface area contributed by atoms with Gasteiger partial charge in [-0.25, -0.2) is 0 Å². The van der Waals surface area contributed by atoms with Crippen LogP contribution in [0.2, 0.25) is 16.6 Å². The Morgan fingerprint density at radius 1 is 1.06 bits per heavy atom. The smallest absolute Gasteiger partial charge is 0.282 e. The van der Waals surface area contributed by atoms with E-state index in [2.05, 4.69) is 53.5 Å². The van der Waals surface area contributed by atoms with Gasteiger partial charge in [-0.1, -0.05) is 53.8 Å². The molecule has 95 valence electrons. The van der Waals surface area contributed by atoms with Crippen LogP contribution in [0.25, 0.3) is 0 Å². The van der Waals surface area contributed by atoms with Crippen LogP contribution in [0.5, 0.6) is 0 Å². The Kier molecular flexibility index (Phi) is 4.24. The van der Waals surface area contributed by atoms with Crippen molar-refractivity contribution in [1.29, 1.82) is 0 Å². The molecule has 0 amide bonds. The fourth-order valence-electron chi connectivity index (χ4n) is 1.75. The van der Waals surface area contributed by atoms with Crippen molar-refractivity contribution in [2.24, 2.45) is 0 Å². The molecule has 0 aromatic carbocycles. The van der Waals surface area contributed by atoms with Crippen molar-refractivity contribution >= 4 is 18.2 Å². The SMILES string of the molecule is CC(C)(C)[Si](C)(/C=[C]/S(=O)(=O)O)C(C)(C)C. The third-order valence-corrected chi connectivity index (χ3v) is 11.2. The highest BCUT2D eigenvalue weighted by atomic mass is 32.2. The lowest BCUT2D eigenvalue weighted by Gasteiger charge is -2.47. The summed E-state index contributed by atoms with van der Waals surface area (Å²) in [7, 11) is -6.19. The maximum atomic E-state index is 10.8. The van der Waals surface area contributed by atoms with Crippen LogP contribution in [0.4, 0.5) is 0 Å². The summed E-state index contributed by atoms with van der Waals surface area (Å²) >= 11 is 0. The Morgan fingerprint density at radius 3 is 1.56 bits per heavy atom. The summed E-state index contributed by atoms with van der Waals surface area (Å²) in [5.41, 5.74) is 1.61. The topological polar surface area (TPSA) is 54.4 Å². The van der Waals surface area contributed by atoms with Gasteiger partial charge in [-0.2, -0.15) is 8.42 Å². The van der Waals surface area contributed by atoms with Gasteiger partial charge in [0.15, 0.2) is 0 Å². The van der Waals surface area contributed by atoms with E-state index in [0.717, 1.165) is 0 Å². The number of hydrogen-bond acceptors (Lipinski definition) is 2. The van der Waals surface area contributed by atoms with E-state index in [4.69, 9.17) is 4.55 Å². The predicted molar refractivity (Wildman–Crippen MR) is 70.4 cm³/mol. The van der Waals surface area contributed by atoms with Gasteiger partial charge in [0.25, 0.3) is 10.1 Å². The number of rotatable bonds is 2. The maximum absolute atomic E-state index is 10.8. The Morgan fingerprint density at radius 2 is 1.38 bits per heavy atom. The molecule has 0 spiro atoms. The average Bonchev–Trinajstić information content (AvgIpc) is 1.93. The van der Waals surface area contributed by atoms with E-state index in [0.29, 0.717) is 0 Å². The second-order valence-corrected chi connectivity index (χ2v) is 13.3. The molecule has 3 nitrogen and oxygen atoms in total. The van der Waals surface area contributed by atoms with Crippen LogP contribution in [0, 0.1) is 5.41 Å². The second-order valence-electron chi connectivity index (χ2n) is 6.44. The first-order valence-electron chi connectivity index (χ1n) is 5.30. The molecular formula is C11H23O3SSi. The summed E-state index contributed by atoms with van der Waals surface area (Å²) in [4.78, 5) is 0. The first-order valence-corrected chi connectivity index (χ1v) is 9.31. The summed E-state index contributed by atoms with van der Waals surface area (Å²) < 4.78 is 30.3. The zero-order valence-corrected chi connectivity index (χ0v) is 13.1. The average molecular weight is 263 g/mol. The van der Waals surface area contributed by atoms with Gasteiger partial charge in [0, 0.05) is 0 Å². The first-order chi connectivity index (χ1) is 6.71. The van der Waals surface area contributed by atoms with E-state index in [1.165, 1.54) is 0 Å². The normalized spacial score (nSPS) is 15.8. The molecule has 0 aliphatic carbocycles. The molecule has 0 unspecified atom stereocenters. The van der Waals surface area contributed by atoms with Crippen molar-refractivity contribution in [3.8, 4) is 0 Å². The fraction of sp³-hybridized carbons (Fsp3) is 0.818. The van der Waals surface area contributed by atoms with Crippen molar-refractivity contribution in [3.63, 3.8) is 0 Å². The first kappa shape index (κ1) is 15.9. The molecule has 0 aromatic rings. The minimum absolute atomic E-state index is 0.00292. The van der Waals surface area contributed by atoms with E-state index >= 15 is 0 Å². The number of hydrogen-bond donors (Lipinski definition) is 1. The van der Waals surface area contributed by atoms with E-state index in [-0.39, 0.29) is 10.1 Å². The van der Waals surface area contributed by atoms with Crippen molar-refractivity contribution in [1.82, 2.24) is 0 Å². The third kappa shape index (κ3) is 3.71. The highest BCUT2D eigenvalue weighted by molar-refractivity contribution is 7.87. The van der Waals surface area contributed by atoms with Crippen LogP contribution in [0.1, 0.15) is 41.5 Å². The summed E-state index contributed by atoms with van der Waals surface area (Å²) in [5.74, 6) is 0. The second kappa shape index (κ2) is 4.27. The van der Waals surface area contributed by atoms with Gasteiger partial charge in [0.2, 0.25) is 0 Å². The molecule has 0 heterocycles. The molecule has 0 atom stereocenters. The van der Waals surface area contributed by atoms with E-state index in [9.17, 15) is 8.42 Å². The van der Waals surface area contributed by atoms with Crippen LogP contribution in [0.3, 0.4) is 0 Å². The standard InChI is InChI=1S/C11H23O3SSi/c1-10(2,3)16(7,11(4,5)6)9-8-15(12,13)14/h9H,1-7H3,(H,12,13,14). The summed E-state index contributed by atoms with van der Waals surface area (Å²) in [6, 6.07) is 0. The van der Waals surface area contributed by atoms with Crippen LogP contribution < -0.4 is 0 Å². The van der Waals surface area contributed by atoms with Gasteiger partial charge in [-0.3, -0.25) is 4.55 Å². The Hall–Kier alpha value is -0.133. The monoisotopic (exact) mass is 263 g/mol. The molecular weight excluding hydrogens is 240 g/mol. The molecule has 1 radical (unpaired) electrons. The van der Waals surface area contributed by atoms with Crippen LogP contribution >= 0.6 is 0 Å². The lowest BCUT2D eigenvalue weighted by molar-refractivity contribution is 0.493. The van der Waals surface area contributed by atoms with Crippen LogP contribution in [-0.4, -0.2) is 21.0 Å². The Labute approximate surface area is 101 Å². The summed E-state index contributed by atoms with van der Waals surface area (Å²) in [6.45, 7) is 14.7. The van der Waals surface area contributed by atoms with Crippen molar-refractivity contribution in [2.45, 2.75) is 58.2 Å². The molecule has 0 aliphatic heterocycles. The van der Waals surface area contributed by atoms with Gasteiger partial charge >= 0.3 is 0 Å². The van der Waals surface area contributed by atoms with Gasteiger partial charge in [0.1, 0.15) is 5.41 Å². The highest BCUT2D eigenvalue weighted by Gasteiger charge is 2.47. The van der Waals surface area contributed by atoms with E-state index in [1.54, 1.807) is 5.70 Å². The van der Waals surface area contributed by atoms with Crippen LogP contribution in [0.15, 0.2) is 5.70 Å². The van der Waals surface area contributed by atoms with E-state index < -0.39 is 18.2 Å². The molecule has 0 bridgehead atoms. The molecule has 0 aromatic heterocycles. The zero-order chi connectivity index (χ0) is 13.4. The van der Waals surface area contributed by atoms with Gasteiger partial charge in [-0.05, 0) is 10.1 Å². The van der Waals surface area contributed by atoms with Crippen LogP contribution in [-0.2, 0) is 10.1 Å². The minimum Gasteiger partial charge on any atom is -0.282 e. The minimum atomic E-state index is -4.15. The molecule has 0 saturated heterocycles. The zero-order valence-electron chi connectivity index (χ0n) is 11.2. The van der Waals surface area contributed by atoms with Gasteiger partial charge in [-0.15, -0.1) is 0 Å². The van der Waals surface area contributed by atoms with Crippen molar-refractivity contribution in [2.75, 3.05) is 0 Å². The van der Waals surface area contributed by atoms with Crippen molar-refractivity contribution < 1.29 is 13.0 Å². The molecule has 16 heavy (non-hydrogen) atoms. The maximum Gasteiger partial charge on any atom is 0.295 e. The molecule has 0 aliphatic rings. The quantitative estimate of drug-likeness (QED) is 0.613. The summed E-state index contributed by atoms with van der Waals surface area (Å²) in [6.07, 6.45) is 0. The van der Waals surface area contributed by atoms with E-state index in [1.807, 2.05) is 0 Å². The summed E-state index contributed by atoms with van der Waals surface area (Å²) in [5, 5.41) is 2.15. The molecule has 0 fully saturated rings. The Bertz CT molecular complexity index is 355. The molecule has 0 rings (SSSR count). The van der Waals surface area contributed by atoms with Gasteiger partial charge in [0.05, 0.1) is 8.07 Å². The third-order valence-electron chi connectivity index (χ3n) is 3.61. The fourth-order valence-corrected chi connectivity index (χ4v) is 6.40. The predicted octanol–water partition coefficient (Wildman–Crippen LogP) is 3.41. The lowest BCUT2D eigenvalue weighted by atomic mass is 10.2.